The zero-order chi connectivity index (χ0) is 28.6. The predicted octanol–water partition coefficient (Wildman–Crippen LogP) is 6.78. The molecule has 13 heteroatoms. The first-order valence-electron chi connectivity index (χ1n) is 12.9. The van der Waals surface area contributed by atoms with Gasteiger partial charge in [0.05, 0.1) is 39.8 Å². The molecule has 1 N–H and O–H groups in total. The van der Waals surface area contributed by atoms with Gasteiger partial charge in [-0.25, -0.2) is 4.39 Å². The maximum Gasteiger partial charge on any atom is 0.433 e. The Bertz CT molecular complexity index is 1200. The molecule has 0 unspecified atom stereocenters. The summed E-state index contributed by atoms with van der Waals surface area (Å²) in [6.45, 7) is 1.09. The summed E-state index contributed by atoms with van der Waals surface area (Å²) in [5.74, 6) is -1.98. The molecule has 1 amide bonds. The predicted molar refractivity (Wildman–Crippen MR) is 137 cm³/mol. The number of aliphatic carboxylic acids is 1. The number of carboxylic acid groups (broad SMARTS) is 1. The molecule has 0 aromatic carbocycles. The number of nitrogens with zero attached hydrogens (tertiary/aromatic N) is 4. The van der Waals surface area contributed by atoms with E-state index >= 15 is 4.39 Å². The van der Waals surface area contributed by atoms with E-state index in [2.05, 4.69) is 10.1 Å². The standard InChI is InChI=1S/C26H30Cl2F4N4O3/c1-24(23(38)39)9-4-16(5-10-24)36-21(26(30,31)32)18(12-34-36)22(37)35(15-25(29)7-2-3-8-25)11-6-17-19(27)13-33-14-20(17)28/h12-14,16H,2-11,15H2,1H3,(H,38,39). The first-order chi connectivity index (χ1) is 18.2. The molecule has 0 radical (unpaired) electrons. The number of carbonyl (C=O) groups excluding carboxylic acids is 1. The zero-order valence-electron chi connectivity index (χ0n) is 21.4. The molecule has 4 rings (SSSR count). The van der Waals surface area contributed by atoms with Crippen LogP contribution in [0.5, 0.6) is 0 Å². The number of rotatable bonds is 8. The number of halogens is 6. The van der Waals surface area contributed by atoms with Crippen molar-refractivity contribution in [2.24, 2.45) is 5.41 Å². The molecule has 2 heterocycles. The Kier molecular flexibility index (Phi) is 8.52. The lowest BCUT2D eigenvalue weighted by molar-refractivity contribution is -0.152. The third-order valence-electron chi connectivity index (χ3n) is 8.06. The summed E-state index contributed by atoms with van der Waals surface area (Å²) in [6, 6.07) is -0.721. The molecule has 0 aliphatic heterocycles. The van der Waals surface area contributed by atoms with E-state index in [9.17, 15) is 27.9 Å². The molecule has 39 heavy (non-hydrogen) atoms. The van der Waals surface area contributed by atoms with E-state index in [1.165, 1.54) is 12.4 Å². The van der Waals surface area contributed by atoms with Gasteiger partial charge in [0.1, 0.15) is 5.67 Å². The highest BCUT2D eigenvalue weighted by molar-refractivity contribution is 6.35. The molecule has 2 fully saturated rings. The summed E-state index contributed by atoms with van der Waals surface area (Å²) < 4.78 is 59.5. The Balaban J connectivity index is 1.65. The minimum Gasteiger partial charge on any atom is -0.481 e. The van der Waals surface area contributed by atoms with Gasteiger partial charge in [-0.1, -0.05) is 36.0 Å². The van der Waals surface area contributed by atoms with E-state index in [1.54, 1.807) is 6.92 Å². The van der Waals surface area contributed by atoms with E-state index in [-0.39, 0.29) is 68.1 Å². The zero-order valence-corrected chi connectivity index (χ0v) is 22.9. The Morgan fingerprint density at radius 1 is 1.10 bits per heavy atom. The van der Waals surface area contributed by atoms with Crippen molar-refractivity contribution in [3.63, 3.8) is 0 Å². The maximum atomic E-state index is 15.5. The summed E-state index contributed by atoms with van der Waals surface area (Å²) in [4.78, 5) is 30.2. The number of alkyl halides is 4. The van der Waals surface area contributed by atoms with Crippen LogP contribution in [0.15, 0.2) is 18.6 Å². The Morgan fingerprint density at radius 2 is 1.69 bits per heavy atom. The summed E-state index contributed by atoms with van der Waals surface area (Å²) in [5, 5.41) is 13.9. The van der Waals surface area contributed by atoms with Gasteiger partial charge in [0.25, 0.3) is 5.91 Å². The number of hydrogen-bond acceptors (Lipinski definition) is 4. The molecule has 7 nitrogen and oxygen atoms in total. The molecular weight excluding hydrogens is 563 g/mol. The number of aromatic nitrogens is 3. The van der Waals surface area contributed by atoms with E-state index in [0.29, 0.717) is 18.4 Å². The van der Waals surface area contributed by atoms with Crippen LogP contribution in [0.2, 0.25) is 10.0 Å². The average Bonchev–Trinajstić information content (AvgIpc) is 3.50. The highest BCUT2D eigenvalue weighted by atomic mass is 35.5. The summed E-state index contributed by atoms with van der Waals surface area (Å²) in [7, 11) is 0. The van der Waals surface area contributed by atoms with Gasteiger partial charge in [-0.05, 0) is 57.4 Å². The van der Waals surface area contributed by atoms with Crippen molar-refractivity contribution in [1.82, 2.24) is 19.7 Å². The van der Waals surface area contributed by atoms with Gasteiger partial charge < -0.3 is 10.0 Å². The van der Waals surface area contributed by atoms with Crippen molar-refractivity contribution < 1.29 is 32.3 Å². The number of carboxylic acids is 1. The maximum absolute atomic E-state index is 15.5. The van der Waals surface area contributed by atoms with Gasteiger partial charge in [-0.3, -0.25) is 19.3 Å². The van der Waals surface area contributed by atoms with Crippen LogP contribution in [0.25, 0.3) is 0 Å². The first-order valence-corrected chi connectivity index (χ1v) is 13.6. The fourth-order valence-electron chi connectivity index (χ4n) is 5.63. The molecule has 0 spiro atoms. The summed E-state index contributed by atoms with van der Waals surface area (Å²) >= 11 is 12.4. The second-order valence-corrected chi connectivity index (χ2v) is 11.7. The lowest BCUT2D eigenvalue weighted by Crippen LogP contribution is -2.43. The largest absolute Gasteiger partial charge is 0.481 e. The molecule has 214 valence electrons. The van der Waals surface area contributed by atoms with Crippen LogP contribution in [-0.4, -0.2) is 55.4 Å². The third kappa shape index (κ3) is 6.34. The molecule has 2 aliphatic rings. The van der Waals surface area contributed by atoms with Crippen LogP contribution in [0, 0.1) is 5.41 Å². The highest BCUT2D eigenvalue weighted by Gasteiger charge is 2.46. The topological polar surface area (TPSA) is 88.3 Å². The highest BCUT2D eigenvalue weighted by Crippen LogP contribution is 2.44. The number of hydrogen-bond donors (Lipinski definition) is 1. The lowest BCUT2D eigenvalue weighted by atomic mass is 9.74. The fraction of sp³-hybridized carbons (Fsp3) is 0.615. The van der Waals surface area contributed by atoms with Crippen LogP contribution in [0.1, 0.15) is 85.9 Å². The van der Waals surface area contributed by atoms with E-state index < -0.39 is 46.4 Å². The third-order valence-corrected chi connectivity index (χ3v) is 8.71. The molecule has 0 bridgehead atoms. The van der Waals surface area contributed by atoms with Gasteiger partial charge in [0.2, 0.25) is 0 Å². The van der Waals surface area contributed by atoms with Gasteiger partial charge >= 0.3 is 12.1 Å². The number of carbonyl (C=O) groups is 2. The number of amides is 1. The van der Waals surface area contributed by atoms with Crippen molar-refractivity contribution in [2.45, 2.75) is 82.6 Å². The van der Waals surface area contributed by atoms with Crippen LogP contribution < -0.4 is 0 Å². The second-order valence-electron chi connectivity index (χ2n) is 10.9. The lowest BCUT2D eigenvalue weighted by Gasteiger charge is -2.34. The molecule has 2 aliphatic carbocycles. The van der Waals surface area contributed by atoms with Crippen LogP contribution in [-0.2, 0) is 17.4 Å². The molecule has 2 aromatic rings. The van der Waals surface area contributed by atoms with E-state index in [4.69, 9.17) is 23.2 Å². The molecule has 2 saturated carbocycles. The summed E-state index contributed by atoms with van der Waals surface area (Å²) in [6.07, 6.45) is 1.16. The summed E-state index contributed by atoms with van der Waals surface area (Å²) in [5.41, 5.74) is -4.14. The van der Waals surface area contributed by atoms with Crippen molar-refractivity contribution in [3.8, 4) is 0 Å². The van der Waals surface area contributed by atoms with E-state index in [1.807, 2.05) is 0 Å². The quantitative estimate of drug-likeness (QED) is 0.341. The minimum atomic E-state index is -4.92. The molecular formula is C26H30Cl2F4N4O3. The monoisotopic (exact) mass is 592 g/mol. The molecule has 2 aromatic heterocycles. The van der Waals surface area contributed by atoms with Crippen LogP contribution >= 0.6 is 23.2 Å². The minimum absolute atomic E-state index is 0.0912. The second kappa shape index (κ2) is 11.2. The van der Waals surface area contributed by atoms with Crippen molar-refractivity contribution in [2.75, 3.05) is 13.1 Å². The Labute approximate surface area is 233 Å². The smallest absolute Gasteiger partial charge is 0.433 e. The Hall–Kier alpha value is -2.40. The fourth-order valence-corrected chi connectivity index (χ4v) is 6.19. The molecule has 0 saturated heterocycles. The van der Waals surface area contributed by atoms with E-state index in [0.717, 1.165) is 15.8 Å². The van der Waals surface area contributed by atoms with Crippen LogP contribution in [0.4, 0.5) is 17.6 Å². The van der Waals surface area contributed by atoms with Crippen molar-refractivity contribution in [3.05, 3.63) is 45.5 Å². The Morgan fingerprint density at radius 3 is 2.23 bits per heavy atom. The van der Waals surface area contributed by atoms with Crippen molar-refractivity contribution in [1.29, 1.82) is 0 Å². The van der Waals surface area contributed by atoms with Crippen LogP contribution in [0.3, 0.4) is 0 Å². The number of pyridine rings is 1. The normalized spacial score (nSPS) is 23.1. The SMILES string of the molecule is CC1(C(=O)O)CCC(n2ncc(C(=O)N(CCc3c(Cl)cncc3Cl)CC3(F)CCCC3)c2C(F)(F)F)CC1. The average molecular weight is 593 g/mol. The van der Waals surface area contributed by atoms with Gasteiger partial charge in [0, 0.05) is 18.9 Å². The van der Waals surface area contributed by atoms with Gasteiger partial charge in [-0.2, -0.15) is 18.3 Å². The van der Waals surface area contributed by atoms with Crippen molar-refractivity contribution >= 4 is 35.1 Å². The van der Waals surface area contributed by atoms with Gasteiger partial charge in [0.15, 0.2) is 5.69 Å². The van der Waals surface area contributed by atoms with Gasteiger partial charge in [-0.15, -0.1) is 0 Å². The first kappa shape index (κ1) is 29.6. The molecule has 0 atom stereocenters.